The van der Waals surface area contributed by atoms with Crippen LogP contribution >= 0.6 is 27.5 Å². The summed E-state index contributed by atoms with van der Waals surface area (Å²) in [7, 11) is 0. The van der Waals surface area contributed by atoms with Crippen molar-refractivity contribution in [2.24, 2.45) is 0 Å². The van der Waals surface area contributed by atoms with Crippen molar-refractivity contribution in [3.8, 4) is 11.5 Å². The molecule has 1 N–H and O–H groups in total. The summed E-state index contributed by atoms with van der Waals surface area (Å²) in [5.41, 5.74) is 0.331. The Labute approximate surface area is 145 Å². The summed E-state index contributed by atoms with van der Waals surface area (Å²) in [5.74, 6) is -1.42. The fourth-order valence-corrected chi connectivity index (χ4v) is 2.44. The van der Waals surface area contributed by atoms with Gasteiger partial charge >= 0.3 is 11.9 Å². The predicted molar refractivity (Wildman–Crippen MR) is 88.7 cm³/mol. The van der Waals surface area contributed by atoms with Crippen molar-refractivity contribution in [3.05, 3.63) is 57.0 Å². The first-order valence-electron chi connectivity index (χ1n) is 6.59. The Kier molecular flexibility index (Phi) is 5.63. The third kappa shape index (κ3) is 4.24. The maximum absolute atomic E-state index is 12.2. The molecule has 0 aliphatic rings. The quantitative estimate of drug-likeness (QED) is 0.595. The molecular weight excluding hydrogens is 388 g/mol. The summed E-state index contributed by atoms with van der Waals surface area (Å²) in [6.45, 7) is 2.03. The first-order chi connectivity index (χ1) is 10.9. The summed E-state index contributed by atoms with van der Waals surface area (Å²) in [4.78, 5) is 23.3. The van der Waals surface area contributed by atoms with Crippen LogP contribution in [-0.2, 0) is 0 Å². The monoisotopic (exact) mass is 398 g/mol. The molecule has 0 radical (unpaired) electrons. The molecule has 0 saturated carbocycles. The van der Waals surface area contributed by atoms with Gasteiger partial charge in [-0.3, -0.25) is 0 Å². The molecule has 0 saturated heterocycles. The first-order valence-corrected chi connectivity index (χ1v) is 7.77. The molecule has 0 spiro atoms. The van der Waals surface area contributed by atoms with Gasteiger partial charge in [-0.05, 0) is 59.3 Å². The van der Waals surface area contributed by atoms with Crippen LogP contribution in [0.5, 0.6) is 11.5 Å². The van der Waals surface area contributed by atoms with Gasteiger partial charge in [0.15, 0.2) is 11.5 Å². The van der Waals surface area contributed by atoms with Crippen LogP contribution in [0, 0.1) is 0 Å². The van der Waals surface area contributed by atoms with Crippen LogP contribution in [0.15, 0.2) is 40.9 Å². The Bertz CT molecular complexity index is 743. The van der Waals surface area contributed by atoms with Gasteiger partial charge in [-0.25, -0.2) is 9.59 Å². The molecule has 7 heteroatoms. The molecular formula is C16H12BrClO5. The number of esters is 1. The largest absolute Gasteiger partial charge is 0.490 e. The summed E-state index contributed by atoms with van der Waals surface area (Å²) in [5, 5.41) is 9.59. The van der Waals surface area contributed by atoms with Crippen LogP contribution in [0.2, 0.25) is 5.02 Å². The number of carbonyl (C=O) groups excluding carboxylic acids is 1. The van der Waals surface area contributed by atoms with E-state index in [9.17, 15) is 9.59 Å². The van der Waals surface area contributed by atoms with Gasteiger partial charge in [-0.2, -0.15) is 0 Å². The number of carbonyl (C=O) groups is 2. The Hall–Kier alpha value is -2.05. The van der Waals surface area contributed by atoms with E-state index >= 15 is 0 Å². The Morgan fingerprint density at radius 3 is 2.39 bits per heavy atom. The number of ether oxygens (including phenoxy) is 2. The number of hydrogen-bond donors (Lipinski definition) is 1. The van der Waals surface area contributed by atoms with Crippen LogP contribution in [-0.4, -0.2) is 23.7 Å². The summed E-state index contributed by atoms with van der Waals surface area (Å²) >= 11 is 8.99. The second-order valence-electron chi connectivity index (χ2n) is 4.42. The van der Waals surface area contributed by atoms with Crippen LogP contribution in [0.1, 0.15) is 27.6 Å². The van der Waals surface area contributed by atoms with Crippen molar-refractivity contribution in [1.82, 2.24) is 0 Å². The van der Waals surface area contributed by atoms with Gasteiger partial charge < -0.3 is 14.6 Å². The van der Waals surface area contributed by atoms with Crippen molar-refractivity contribution < 1.29 is 24.2 Å². The first kappa shape index (κ1) is 17.3. The van der Waals surface area contributed by atoms with Gasteiger partial charge in [0.1, 0.15) is 0 Å². The molecule has 0 amide bonds. The molecule has 0 heterocycles. The van der Waals surface area contributed by atoms with Crippen molar-refractivity contribution in [2.75, 3.05) is 6.61 Å². The number of aromatic carboxylic acids is 1. The van der Waals surface area contributed by atoms with Crippen LogP contribution < -0.4 is 9.47 Å². The molecule has 0 aliphatic heterocycles. The molecule has 0 aliphatic carbocycles. The third-order valence-electron chi connectivity index (χ3n) is 2.83. The fourth-order valence-electron chi connectivity index (χ4n) is 1.79. The maximum atomic E-state index is 12.2. The van der Waals surface area contributed by atoms with E-state index in [1.54, 1.807) is 19.1 Å². The zero-order valence-electron chi connectivity index (χ0n) is 12.0. The molecule has 0 bridgehead atoms. The predicted octanol–water partition coefficient (Wildman–Crippen LogP) is 4.42. The lowest BCUT2D eigenvalue weighted by molar-refractivity contribution is 0.0696. The number of benzene rings is 2. The fraction of sp³-hybridized carbons (Fsp3) is 0.125. The van der Waals surface area contributed by atoms with Crippen molar-refractivity contribution >= 4 is 39.5 Å². The van der Waals surface area contributed by atoms with E-state index in [4.69, 9.17) is 26.2 Å². The van der Waals surface area contributed by atoms with Gasteiger partial charge in [-0.15, -0.1) is 0 Å². The van der Waals surface area contributed by atoms with E-state index < -0.39 is 11.9 Å². The van der Waals surface area contributed by atoms with Crippen LogP contribution in [0.4, 0.5) is 0 Å². The highest BCUT2D eigenvalue weighted by molar-refractivity contribution is 9.10. The average Bonchev–Trinajstić information content (AvgIpc) is 2.51. The number of hydrogen-bond acceptors (Lipinski definition) is 4. The molecule has 120 valence electrons. The van der Waals surface area contributed by atoms with E-state index in [1.165, 1.54) is 24.3 Å². The maximum Gasteiger partial charge on any atom is 0.343 e. The van der Waals surface area contributed by atoms with Gasteiger partial charge in [0.25, 0.3) is 0 Å². The van der Waals surface area contributed by atoms with Gasteiger partial charge in [-0.1, -0.05) is 11.6 Å². The zero-order valence-corrected chi connectivity index (χ0v) is 14.3. The highest BCUT2D eigenvalue weighted by Gasteiger charge is 2.19. The molecule has 23 heavy (non-hydrogen) atoms. The summed E-state index contributed by atoms with van der Waals surface area (Å²) in [6.07, 6.45) is 0. The SMILES string of the molecule is CCOc1cc(C(=O)O)cc(Br)c1OC(=O)c1ccc(Cl)cc1. The van der Waals surface area contributed by atoms with E-state index in [-0.39, 0.29) is 17.1 Å². The number of halogens is 2. The van der Waals surface area contributed by atoms with Gasteiger partial charge in [0.05, 0.1) is 22.2 Å². The van der Waals surface area contributed by atoms with Crippen molar-refractivity contribution in [3.63, 3.8) is 0 Å². The topological polar surface area (TPSA) is 72.8 Å². The minimum Gasteiger partial charge on any atom is -0.490 e. The standard InChI is InChI=1S/C16H12BrClO5/c1-2-22-13-8-10(15(19)20)7-12(17)14(13)23-16(21)9-3-5-11(18)6-4-9/h3-8H,2H2,1H3,(H,19,20). The minimum absolute atomic E-state index is 0.0200. The van der Waals surface area contributed by atoms with Gasteiger partial charge in [0, 0.05) is 5.02 Å². The van der Waals surface area contributed by atoms with E-state index in [2.05, 4.69) is 15.9 Å². The Morgan fingerprint density at radius 1 is 1.17 bits per heavy atom. The number of carboxylic acids is 1. The lowest BCUT2D eigenvalue weighted by Crippen LogP contribution is -2.11. The van der Waals surface area contributed by atoms with E-state index in [0.29, 0.717) is 21.7 Å². The number of carboxylic acid groups (broad SMARTS) is 1. The third-order valence-corrected chi connectivity index (χ3v) is 3.67. The van der Waals surface area contributed by atoms with Gasteiger partial charge in [0.2, 0.25) is 0 Å². The summed E-state index contributed by atoms with van der Waals surface area (Å²) < 4.78 is 11.0. The van der Waals surface area contributed by atoms with E-state index in [1.807, 2.05) is 0 Å². The summed E-state index contributed by atoms with van der Waals surface area (Å²) in [6, 6.07) is 8.86. The van der Waals surface area contributed by atoms with Crippen LogP contribution in [0.25, 0.3) is 0 Å². The Balaban J connectivity index is 2.36. The average molecular weight is 400 g/mol. The molecule has 2 rings (SSSR count). The lowest BCUT2D eigenvalue weighted by atomic mass is 10.2. The molecule has 0 fully saturated rings. The van der Waals surface area contributed by atoms with Crippen LogP contribution in [0.3, 0.4) is 0 Å². The second kappa shape index (κ2) is 7.48. The van der Waals surface area contributed by atoms with E-state index in [0.717, 1.165) is 0 Å². The molecule has 2 aromatic carbocycles. The Morgan fingerprint density at radius 2 is 1.83 bits per heavy atom. The number of rotatable bonds is 5. The molecule has 0 unspecified atom stereocenters. The zero-order chi connectivity index (χ0) is 17.0. The normalized spacial score (nSPS) is 10.2. The second-order valence-corrected chi connectivity index (χ2v) is 5.71. The molecule has 2 aromatic rings. The van der Waals surface area contributed by atoms with Crippen molar-refractivity contribution in [1.29, 1.82) is 0 Å². The molecule has 0 aromatic heterocycles. The smallest absolute Gasteiger partial charge is 0.343 e. The van der Waals surface area contributed by atoms with Crippen molar-refractivity contribution in [2.45, 2.75) is 6.92 Å². The highest BCUT2D eigenvalue weighted by atomic mass is 79.9. The molecule has 0 atom stereocenters. The minimum atomic E-state index is -1.11. The highest BCUT2D eigenvalue weighted by Crippen LogP contribution is 2.37. The lowest BCUT2D eigenvalue weighted by Gasteiger charge is -2.13. The molecule has 5 nitrogen and oxygen atoms in total.